The molecule has 212 valence electrons. The molecule has 0 unspecified atom stereocenters. The molecule has 2 aromatic rings. The summed E-state index contributed by atoms with van der Waals surface area (Å²) in [6.45, 7) is 3.51. The Labute approximate surface area is 232 Å². The number of benzene rings is 2. The summed E-state index contributed by atoms with van der Waals surface area (Å²) in [6.07, 6.45) is 7.86. The molecule has 1 amide bonds. The molecule has 0 N–H and O–H groups in total. The van der Waals surface area contributed by atoms with E-state index in [1.807, 2.05) is 43.3 Å². The first-order valence-corrected chi connectivity index (χ1v) is 14.3. The van der Waals surface area contributed by atoms with Gasteiger partial charge in [-0.25, -0.2) is 4.79 Å². The van der Waals surface area contributed by atoms with Gasteiger partial charge in [0.1, 0.15) is 12.6 Å². The summed E-state index contributed by atoms with van der Waals surface area (Å²) in [5.41, 5.74) is 2.95. The number of carbonyl (C=O) groups is 2. The molecule has 1 saturated heterocycles. The Morgan fingerprint density at radius 3 is 2.38 bits per heavy atom. The summed E-state index contributed by atoms with van der Waals surface area (Å²) in [4.78, 5) is 29.3. The van der Waals surface area contributed by atoms with E-state index in [1.54, 1.807) is 19.1 Å². The van der Waals surface area contributed by atoms with Gasteiger partial charge in [0.15, 0.2) is 11.5 Å². The maximum atomic E-state index is 14.3. The standard InChI is InChI=1S/C32H43NO6/c1-23-20-26(21-28(36-2)30(23)37-3)29(25-14-8-5-9-15-25)31(34)33-17-11-10-16-27(33)32(35)39-19-18-38-22-24-12-6-4-7-13-24/h4,6-7,12-13,20-21,25,27,29H,5,8-11,14-19,22H2,1-3H3/t27-,29-/m0/s1. The SMILES string of the molecule is COc1cc([C@@H](C(=O)N2CCCC[C@H]2C(=O)OCCOCc2ccccc2)C2CCCCC2)cc(C)c1OC. The zero-order valence-corrected chi connectivity index (χ0v) is 23.7. The molecule has 0 aromatic heterocycles. The molecule has 39 heavy (non-hydrogen) atoms. The minimum Gasteiger partial charge on any atom is -0.493 e. The molecular weight excluding hydrogens is 494 g/mol. The Morgan fingerprint density at radius 1 is 0.923 bits per heavy atom. The van der Waals surface area contributed by atoms with E-state index in [1.165, 1.54) is 6.42 Å². The number of amides is 1. The molecular formula is C32H43NO6. The van der Waals surface area contributed by atoms with Crippen LogP contribution in [-0.2, 0) is 25.7 Å². The van der Waals surface area contributed by atoms with Gasteiger partial charge in [0.2, 0.25) is 5.91 Å². The molecule has 4 rings (SSSR count). The number of nitrogens with zero attached hydrogens (tertiary/aromatic N) is 1. The Morgan fingerprint density at radius 2 is 1.67 bits per heavy atom. The average Bonchev–Trinajstić information content (AvgIpc) is 2.97. The van der Waals surface area contributed by atoms with Gasteiger partial charge in [-0.05, 0) is 67.7 Å². The maximum absolute atomic E-state index is 14.3. The Hall–Kier alpha value is -3.06. The molecule has 0 bridgehead atoms. The van der Waals surface area contributed by atoms with Gasteiger partial charge in [-0.15, -0.1) is 0 Å². The van der Waals surface area contributed by atoms with E-state index in [4.69, 9.17) is 18.9 Å². The lowest BCUT2D eigenvalue weighted by Crippen LogP contribution is -2.51. The zero-order valence-electron chi connectivity index (χ0n) is 23.7. The van der Waals surface area contributed by atoms with Gasteiger partial charge in [-0.3, -0.25) is 4.79 Å². The second-order valence-electron chi connectivity index (χ2n) is 10.7. The van der Waals surface area contributed by atoms with Crippen LogP contribution in [0, 0.1) is 12.8 Å². The van der Waals surface area contributed by atoms with E-state index in [-0.39, 0.29) is 30.3 Å². The first-order valence-electron chi connectivity index (χ1n) is 14.3. The van der Waals surface area contributed by atoms with Gasteiger partial charge in [-0.1, -0.05) is 55.7 Å². The molecule has 1 saturated carbocycles. The van der Waals surface area contributed by atoms with E-state index in [2.05, 4.69) is 6.07 Å². The number of likely N-dealkylation sites (tertiary alicyclic amines) is 1. The number of methoxy groups -OCH3 is 2. The predicted octanol–water partition coefficient (Wildman–Crippen LogP) is 5.82. The van der Waals surface area contributed by atoms with Gasteiger partial charge >= 0.3 is 5.97 Å². The van der Waals surface area contributed by atoms with Crippen molar-refractivity contribution in [2.75, 3.05) is 34.0 Å². The normalized spacial score (nSPS) is 18.8. The number of rotatable bonds is 11. The largest absolute Gasteiger partial charge is 0.493 e. The van der Waals surface area contributed by atoms with Gasteiger partial charge in [0, 0.05) is 6.54 Å². The van der Waals surface area contributed by atoms with E-state index in [0.29, 0.717) is 37.7 Å². The average molecular weight is 538 g/mol. The van der Waals surface area contributed by atoms with Crippen molar-refractivity contribution in [2.24, 2.45) is 5.92 Å². The third-order valence-electron chi connectivity index (χ3n) is 8.07. The van der Waals surface area contributed by atoms with Crippen molar-refractivity contribution >= 4 is 11.9 Å². The van der Waals surface area contributed by atoms with Crippen LogP contribution in [0.2, 0.25) is 0 Å². The molecule has 1 aliphatic carbocycles. The molecule has 2 atom stereocenters. The van der Waals surface area contributed by atoms with Crippen molar-refractivity contribution in [1.82, 2.24) is 4.90 Å². The summed E-state index contributed by atoms with van der Waals surface area (Å²) in [5.74, 6) is 0.907. The van der Waals surface area contributed by atoms with Crippen LogP contribution in [0.25, 0.3) is 0 Å². The Balaban J connectivity index is 1.47. The maximum Gasteiger partial charge on any atom is 0.328 e. The van der Waals surface area contributed by atoms with Crippen molar-refractivity contribution in [3.63, 3.8) is 0 Å². The van der Waals surface area contributed by atoms with Gasteiger partial charge in [0.05, 0.1) is 33.4 Å². The van der Waals surface area contributed by atoms with Crippen LogP contribution in [0.1, 0.15) is 74.0 Å². The number of hydrogen-bond donors (Lipinski definition) is 0. The molecule has 0 spiro atoms. The van der Waals surface area contributed by atoms with Crippen molar-refractivity contribution in [3.05, 3.63) is 59.2 Å². The lowest BCUT2D eigenvalue weighted by atomic mass is 9.75. The first kappa shape index (κ1) is 28.9. The number of carbonyl (C=O) groups excluding carboxylic acids is 2. The van der Waals surface area contributed by atoms with E-state index >= 15 is 0 Å². The highest BCUT2D eigenvalue weighted by Crippen LogP contribution is 2.42. The number of aryl methyl sites for hydroxylation is 1. The molecule has 7 nitrogen and oxygen atoms in total. The molecule has 1 aliphatic heterocycles. The topological polar surface area (TPSA) is 74.3 Å². The Kier molecular flexibility index (Phi) is 10.7. The van der Waals surface area contributed by atoms with Gasteiger partial charge in [-0.2, -0.15) is 0 Å². The lowest BCUT2D eigenvalue weighted by Gasteiger charge is -2.39. The smallest absolute Gasteiger partial charge is 0.328 e. The summed E-state index contributed by atoms with van der Waals surface area (Å²) in [5, 5.41) is 0. The molecule has 2 aromatic carbocycles. The van der Waals surface area contributed by atoms with Crippen molar-refractivity contribution in [3.8, 4) is 11.5 Å². The van der Waals surface area contributed by atoms with Crippen LogP contribution in [0.3, 0.4) is 0 Å². The highest BCUT2D eigenvalue weighted by Gasteiger charge is 2.40. The summed E-state index contributed by atoms with van der Waals surface area (Å²) >= 11 is 0. The molecule has 1 heterocycles. The third-order valence-corrected chi connectivity index (χ3v) is 8.07. The van der Waals surface area contributed by atoms with Gasteiger partial charge < -0.3 is 23.8 Å². The fraction of sp³-hybridized carbons (Fsp3) is 0.562. The predicted molar refractivity (Wildman–Crippen MR) is 150 cm³/mol. The van der Waals surface area contributed by atoms with Crippen LogP contribution in [0.5, 0.6) is 11.5 Å². The monoisotopic (exact) mass is 537 g/mol. The fourth-order valence-corrected chi connectivity index (χ4v) is 6.13. The minimum atomic E-state index is -0.562. The Bertz CT molecular complexity index is 1080. The van der Waals surface area contributed by atoms with Gasteiger partial charge in [0.25, 0.3) is 0 Å². The molecule has 7 heteroatoms. The molecule has 2 aliphatic rings. The zero-order chi connectivity index (χ0) is 27.6. The fourth-order valence-electron chi connectivity index (χ4n) is 6.13. The van der Waals surface area contributed by atoms with Crippen LogP contribution >= 0.6 is 0 Å². The van der Waals surface area contributed by atoms with Crippen LogP contribution in [0.15, 0.2) is 42.5 Å². The highest BCUT2D eigenvalue weighted by molar-refractivity contribution is 5.89. The van der Waals surface area contributed by atoms with Crippen LogP contribution < -0.4 is 9.47 Å². The minimum absolute atomic E-state index is 0.0236. The number of ether oxygens (including phenoxy) is 4. The van der Waals surface area contributed by atoms with E-state index in [0.717, 1.165) is 55.2 Å². The van der Waals surface area contributed by atoms with Crippen molar-refractivity contribution in [2.45, 2.75) is 76.9 Å². The first-order chi connectivity index (χ1) is 19.0. The summed E-state index contributed by atoms with van der Waals surface area (Å²) in [6, 6.07) is 13.3. The number of piperidine rings is 1. The third kappa shape index (κ3) is 7.33. The second-order valence-corrected chi connectivity index (χ2v) is 10.7. The number of esters is 1. The van der Waals surface area contributed by atoms with Crippen molar-refractivity contribution in [1.29, 1.82) is 0 Å². The molecule has 0 radical (unpaired) electrons. The quantitative estimate of drug-likeness (QED) is 0.266. The van der Waals surface area contributed by atoms with Crippen LogP contribution in [-0.4, -0.2) is 56.8 Å². The van der Waals surface area contributed by atoms with E-state index < -0.39 is 6.04 Å². The number of hydrogen-bond acceptors (Lipinski definition) is 6. The van der Waals surface area contributed by atoms with Crippen LogP contribution in [0.4, 0.5) is 0 Å². The summed E-state index contributed by atoms with van der Waals surface area (Å²) < 4.78 is 22.5. The van der Waals surface area contributed by atoms with Crippen molar-refractivity contribution < 1.29 is 28.5 Å². The summed E-state index contributed by atoms with van der Waals surface area (Å²) in [7, 11) is 3.25. The second kappa shape index (κ2) is 14.4. The lowest BCUT2D eigenvalue weighted by molar-refractivity contribution is -0.159. The molecule has 2 fully saturated rings. The highest BCUT2D eigenvalue weighted by atomic mass is 16.6. The van der Waals surface area contributed by atoms with E-state index in [9.17, 15) is 9.59 Å².